The summed E-state index contributed by atoms with van der Waals surface area (Å²) in [4.78, 5) is 0. The number of hydrogen-bond donors (Lipinski definition) is 0. The predicted octanol–water partition coefficient (Wildman–Crippen LogP) is 3.70. The molecule has 0 saturated carbocycles. The van der Waals surface area contributed by atoms with Crippen LogP contribution in [0.3, 0.4) is 0 Å². The van der Waals surface area contributed by atoms with E-state index in [0.717, 1.165) is 17.9 Å². The Labute approximate surface area is 96.3 Å². The van der Waals surface area contributed by atoms with Crippen LogP contribution >= 0.6 is 0 Å². The third-order valence-electron chi connectivity index (χ3n) is 2.63. The molecule has 0 fully saturated rings. The number of nitrogens with zero attached hydrogens (tertiary/aromatic N) is 1. The first-order chi connectivity index (χ1) is 7.65. The van der Waals surface area contributed by atoms with E-state index >= 15 is 0 Å². The minimum absolute atomic E-state index is 0.426. The summed E-state index contributed by atoms with van der Waals surface area (Å²) in [5.41, 5.74) is 3.58. The summed E-state index contributed by atoms with van der Waals surface area (Å²) in [6.07, 6.45) is 0.821. The molecule has 0 aliphatic carbocycles. The van der Waals surface area contributed by atoms with Gasteiger partial charge in [-0.25, -0.2) is 0 Å². The van der Waals surface area contributed by atoms with Crippen LogP contribution < -0.4 is 0 Å². The maximum absolute atomic E-state index is 5.32. The Morgan fingerprint density at radius 3 is 2.69 bits per heavy atom. The lowest BCUT2D eigenvalue weighted by atomic mass is 10.1. The molecule has 1 aromatic heterocycles. The van der Waals surface area contributed by atoms with Crippen LogP contribution in [0.15, 0.2) is 34.9 Å². The van der Waals surface area contributed by atoms with Gasteiger partial charge in [0.15, 0.2) is 0 Å². The number of hydrogen-bond acceptors (Lipinski definition) is 2. The van der Waals surface area contributed by atoms with E-state index in [1.807, 2.05) is 6.07 Å². The standard InChI is InChI=1S/C14H17NO/c1-10(2)14-9-13(16-15-14)8-12-6-4-5-11(3)7-12/h4-7,9-10H,8H2,1-3H3. The molecular formula is C14H17NO. The number of benzene rings is 1. The highest BCUT2D eigenvalue weighted by Gasteiger charge is 2.07. The summed E-state index contributed by atoms with van der Waals surface area (Å²) in [7, 11) is 0. The molecule has 84 valence electrons. The molecule has 0 saturated heterocycles. The highest BCUT2D eigenvalue weighted by Crippen LogP contribution is 2.17. The van der Waals surface area contributed by atoms with Crippen molar-refractivity contribution in [3.8, 4) is 0 Å². The third kappa shape index (κ3) is 2.51. The quantitative estimate of drug-likeness (QED) is 0.780. The second-order valence-corrected chi connectivity index (χ2v) is 4.54. The SMILES string of the molecule is Cc1cccc(Cc2cc(C(C)C)no2)c1. The average Bonchev–Trinajstić information content (AvgIpc) is 2.66. The molecule has 0 radical (unpaired) electrons. The molecular weight excluding hydrogens is 198 g/mol. The van der Waals surface area contributed by atoms with Crippen LogP contribution in [0.5, 0.6) is 0 Å². The van der Waals surface area contributed by atoms with E-state index in [0.29, 0.717) is 5.92 Å². The molecule has 2 heteroatoms. The van der Waals surface area contributed by atoms with E-state index < -0.39 is 0 Å². The summed E-state index contributed by atoms with van der Waals surface area (Å²) in [6, 6.07) is 10.5. The normalized spacial score (nSPS) is 11.0. The summed E-state index contributed by atoms with van der Waals surface area (Å²) in [6.45, 7) is 6.34. The van der Waals surface area contributed by atoms with Gasteiger partial charge in [-0.15, -0.1) is 0 Å². The van der Waals surface area contributed by atoms with Crippen LogP contribution in [0.4, 0.5) is 0 Å². The summed E-state index contributed by atoms with van der Waals surface area (Å²) >= 11 is 0. The number of rotatable bonds is 3. The van der Waals surface area contributed by atoms with Crippen molar-refractivity contribution >= 4 is 0 Å². The van der Waals surface area contributed by atoms with Crippen LogP contribution in [0.25, 0.3) is 0 Å². The van der Waals surface area contributed by atoms with Crippen molar-refractivity contribution in [1.29, 1.82) is 0 Å². The second kappa shape index (κ2) is 4.52. The fourth-order valence-corrected chi connectivity index (χ4v) is 1.71. The van der Waals surface area contributed by atoms with E-state index in [2.05, 4.69) is 50.2 Å². The highest BCUT2D eigenvalue weighted by atomic mass is 16.5. The first-order valence-corrected chi connectivity index (χ1v) is 5.66. The second-order valence-electron chi connectivity index (χ2n) is 4.54. The van der Waals surface area contributed by atoms with Crippen molar-refractivity contribution in [2.45, 2.75) is 33.1 Å². The van der Waals surface area contributed by atoms with E-state index in [9.17, 15) is 0 Å². The predicted molar refractivity (Wildman–Crippen MR) is 64.6 cm³/mol. The number of aromatic nitrogens is 1. The van der Waals surface area contributed by atoms with Crippen molar-refractivity contribution in [1.82, 2.24) is 5.16 Å². The molecule has 2 nitrogen and oxygen atoms in total. The minimum Gasteiger partial charge on any atom is -0.361 e. The maximum atomic E-state index is 5.32. The van der Waals surface area contributed by atoms with Gasteiger partial charge in [0.2, 0.25) is 0 Å². The monoisotopic (exact) mass is 215 g/mol. The summed E-state index contributed by atoms with van der Waals surface area (Å²) in [5, 5.41) is 4.06. The zero-order valence-corrected chi connectivity index (χ0v) is 10.0. The van der Waals surface area contributed by atoms with Crippen molar-refractivity contribution < 1.29 is 4.52 Å². The van der Waals surface area contributed by atoms with Gasteiger partial charge < -0.3 is 4.52 Å². The zero-order chi connectivity index (χ0) is 11.5. The van der Waals surface area contributed by atoms with Crippen LogP contribution in [0.2, 0.25) is 0 Å². The van der Waals surface area contributed by atoms with E-state index in [1.165, 1.54) is 11.1 Å². The zero-order valence-electron chi connectivity index (χ0n) is 10.0. The van der Waals surface area contributed by atoms with Gasteiger partial charge in [0.25, 0.3) is 0 Å². The first kappa shape index (κ1) is 10.9. The molecule has 0 bridgehead atoms. The third-order valence-corrected chi connectivity index (χ3v) is 2.63. The molecule has 1 heterocycles. The molecule has 16 heavy (non-hydrogen) atoms. The van der Waals surface area contributed by atoms with Gasteiger partial charge in [0, 0.05) is 12.5 Å². The van der Waals surface area contributed by atoms with Gasteiger partial charge in [-0.3, -0.25) is 0 Å². The van der Waals surface area contributed by atoms with Crippen LogP contribution in [0.1, 0.15) is 42.3 Å². The molecule has 0 amide bonds. The first-order valence-electron chi connectivity index (χ1n) is 5.66. The van der Waals surface area contributed by atoms with Crippen molar-refractivity contribution in [3.05, 3.63) is 52.9 Å². The molecule has 2 aromatic rings. The number of aryl methyl sites for hydroxylation is 1. The van der Waals surface area contributed by atoms with Gasteiger partial charge in [-0.2, -0.15) is 0 Å². The fraction of sp³-hybridized carbons (Fsp3) is 0.357. The lowest BCUT2D eigenvalue weighted by Gasteiger charge is -1.98. The van der Waals surface area contributed by atoms with Gasteiger partial charge in [-0.1, -0.05) is 48.8 Å². The van der Waals surface area contributed by atoms with Crippen LogP contribution in [-0.2, 0) is 6.42 Å². The Bertz CT molecular complexity index is 471. The van der Waals surface area contributed by atoms with Crippen molar-refractivity contribution in [2.75, 3.05) is 0 Å². The molecule has 0 spiro atoms. The molecule has 0 aliphatic rings. The van der Waals surface area contributed by atoms with E-state index in [1.54, 1.807) is 0 Å². The van der Waals surface area contributed by atoms with Crippen molar-refractivity contribution in [2.24, 2.45) is 0 Å². The Hall–Kier alpha value is -1.57. The van der Waals surface area contributed by atoms with E-state index in [4.69, 9.17) is 4.52 Å². The lowest BCUT2D eigenvalue weighted by Crippen LogP contribution is -1.87. The maximum Gasteiger partial charge on any atom is 0.141 e. The minimum atomic E-state index is 0.426. The summed E-state index contributed by atoms with van der Waals surface area (Å²) in [5.74, 6) is 1.37. The fourth-order valence-electron chi connectivity index (χ4n) is 1.71. The van der Waals surface area contributed by atoms with Crippen LogP contribution in [-0.4, -0.2) is 5.16 Å². The smallest absolute Gasteiger partial charge is 0.141 e. The highest BCUT2D eigenvalue weighted by molar-refractivity contribution is 5.26. The van der Waals surface area contributed by atoms with Crippen molar-refractivity contribution in [3.63, 3.8) is 0 Å². The Morgan fingerprint density at radius 2 is 2.06 bits per heavy atom. The molecule has 0 aliphatic heterocycles. The topological polar surface area (TPSA) is 26.0 Å². The van der Waals surface area contributed by atoms with Gasteiger partial charge in [-0.05, 0) is 18.4 Å². The molecule has 0 unspecified atom stereocenters. The molecule has 1 aromatic carbocycles. The molecule has 0 N–H and O–H groups in total. The largest absolute Gasteiger partial charge is 0.361 e. The van der Waals surface area contributed by atoms with Gasteiger partial charge in [0.05, 0.1) is 5.69 Å². The molecule has 0 atom stereocenters. The van der Waals surface area contributed by atoms with Gasteiger partial charge in [0.1, 0.15) is 5.76 Å². The lowest BCUT2D eigenvalue weighted by molar-refractivity contribution is 0.380. The Kier molecular flexibility index (Phi) is 3.09. The van der Waals surface area contributed by atoms with Gasteiger partial charge >= 0.3 is 0 Å². The van der Waals surface area contributed by atoms with Crippen LogP contribution in [0, 0.1) is 6.92 Å². The molecule has 2 rings (SSSR count). The summed E-state index contributed by atoms with van der Waals surface area (Å²) < 4.78 is 5.32. The average molecular weight is 215 g/mol. The Balaban J connectivity index is 2.14. The van der Waals surface area contributed by atoms with E-state index in [-0.39, 0.29) is 0 Å². The Morgan fingerprint density at radius 1 is 1.25 bits per heavy atom.